The molecule has 0 radical (unpaired) electrons. The van der Waals surface area contributed by atoms with E-state index >= 15 is 0 Å². The first kappa shape index (κ1) is 18.6. The number of nitrogens with one attached hydrogen (secondary N) is 1. The Labute approximate surface area is 163 Å². The third kappa shape index (κ3) is 3.76. The molecule has 146 valence electrons. The summed E-state index contributed by atoms with van der Waals surface area (Å²) in [5, 5.41) is 13.3. The zero-order valence-electron chi connectivity index (χ0n) is 15.8. The van der Waals surface area contributed by atoms with E-state index in [1.807, 2.05) is 24.3 Å². The minimum atomic E-state index is -0.141. The molecule has 0 bridgehead atoms. The first-order valence-electron chi connectivity index (χ1n) is 9.55. The summed E-state index contributed by atoms with van der Waals surface area (Å²) in [5.41, 5.74) is 1.89. The van der Waals surface area contributed by atoms with Gasteiger partial charge in [0.25, 0.3) is 5.91 Å². The van der Waals surface area contributed by atoms with Gasteiger partial charge in [0, 0.05) is 24.7 Å². The predicted molar refractivity (Wildman–Crippen MR) is 105 cm³/mol. The van der Waals surface area contributed by atoms with Gasteiger partial charge in [0.1, 0.15) is 12.1 Å². The van der Waals surface area contributed by atoms with E-state index in [0.717, 1.165) is 36.6 Å². The van der Waals surface area contributed by atoms with E-state index in [1.54, 1.807) is 30.3 Å². The Morgan fingerprint density at radius 2 is 2.07 bits per heavy atom. The van der Waals surface area contributed by atoms with Gasteiger partial charge < -0.3 is 15.2 Å². The second-order valence-electron chi connectivity index (χ2n) is 7.16. The third-order valence-electron chi connectivity index (χ3n) is 5.35. The topological polar surface area (TPSA) is 89.3 Å². The summed E-state index contributed by atoms with van der Waals surface area (Å²) in [6.45, 7) is -0.141. The number of hydrogen-bond donors (Lipinski definition) is 2. The van der Waals surface area contributed by atoms with Crippen molar-refractivity contribution >= 4 is 16.8 Å². The summed E-state index contributed by atoms with van der Waals surface area (Å²) in [5.74, 6) is 0.502. The molecule has 0 saturated heterocycles. The molecule has 1 aromatic carbocycles. The molecule has 0 unspecified atom stereocenters. The van der Waals surface area contributed by atoms with Crippen molar-refractivity contribution in [2.24, 2.45) is 0 Å². The molecule has 7 heteroatoms. The zero-order chi connectivity index (χ0) is 19.5. The maximum Gasteiger partial charge on any atom is 0.252 e. The van der Waals surface area contributed by atoms with Crippen LogP contribution in [0.3, 0.4) is 0 Å². The molecular formula is C21H24N4O3. The fourth-order valence-corrected chi connectivity index (χ4v) is 3.76. The van der Waals surface area contributed by atoms with Gasteiger partial charge >= 0.3 is 0 Å². The van der Waals surface area contributed by atoms with Gasteiger partial charge in [-0.3, -0.25) is 9.36 Å². The number of aromatic nitrogens is 3. The molecule has 0 aliphatic heterocycles. The minimum absolute atomic E-state index is 0.0942. The van der Waals surface area contributed by atoms with E-state index in [-0.39, 0.29) is 18.6 Å². The molecule has 2 N–H and O–H groups in total. The fourth-order valence-electron chi connectivity index (χ4n) is 3.76. The lowest BCUT2D eigenvalue weighted by atomic mass is 9.92. The number of rotatable bonds is 5. The van der Waals surface area contributed by atoms with Crippen LogP contribution < -0.4 is 5.32 Å². The van der Waals surface area contributed by atoms with Crippen molar-refractivity contribution in [3.8, 4) is 5.82 Å². The highest BCUT2D eigenvalue weighted by Crippen LogP contribution is 2.24. The van der Waals surface area contributed by atoms with Crippen molar-refractivity contribution in [1.82, 2.24) is 19.9 Å². The van der Waals surface area contributed by atoms with Gasteiger partial charge in [-0.15, -0.1) is 0 Å². The summed E-state index contributed by atoms with van der Waals surface area (Å²) >= 11 is 0. The first-order chi connectivity index (χ1) is 13.7. The summed E-state index contributed by atoms with van der Waals surface area (Å²) in [6, 6.07) is 9.55. The van der Waals surface area contributed by atoms with Crippen LogP contribution in [0.1, 0.15) is 41.7 Å². The predicted octanol–water partition coefficient (Wildman–Crippen LogP) is 2.60. The van der Waals surface area contributed by atoms with Crippen molar-refractivity contribution in [3.05, 3.63) is 54.1 Å². The van der Waals surface area contributed by atoms with E-state index in [2.05, 4.69) is 15.3 Å². The van der Waals surface area contributed by atoms with Gasteiger partial charge in [-0.2, -0.15) is 0 Å². The summed E-state index contributed by atoms with van der Waals surface area (Å²) in [7, 11) is 1.74. The van der Waals surface area contributed by atoms with Crippen LogP contribution >= 0.6 is 0 Å². The number of carbonyl (C=O) groups excluding carboxylic acids is 1. The lowest BCUT2D eigenvalue weighted by Gasteiger charge is -2.28. The van der Waals surface area contributed by atoms with Crippen molar-refractivity contribution in [2.75, 3.05) is 7.11 Å². The number of para-hydroxylation sites is 1. The summed E-state index contributed by atoms with van der Waals surface area (Å²) < 4.78 is 7.14. The van der Waals surface area contributed by atoms with Crippen LogP contribution in [0.4, 0.5) is 0 Å². The Balaban J connectivity index is 1.64. The van der Waals surface area contributed by atoms with Gasteiger partial charge in [0.05, 0.1) is 29.5 Å². The number of benzene rings is 1. The second-order valence-corrected chi connectivity index (χ2v) is 7.16. The van der Waals surface area contributed by atoms with E-state index in [9.17, 15) is 9.90 Å². The van der Waals surface area contributed by atoms with Crippen LogP contribution in [0.2, 0.25) is 0 Å². The summed E-state index contributed by atoms with van der Waals surface area (Å²) in [4.78, 5) is 21.9. The number of hydrogen-bond acceptors (Lipinski definition) is 5. The number of fused-ring (bicyclic) bond motifs is 1. The summed E-state index contributed by atoms with van der Waals surface area (Å²) in [6.07, 6.45) is 7.36. The molecule has 4 rings (SSSR count). The smallest absolute Gasteiger partial charge is 0.252 e. The molecule has 1 saturated carbocycles. The molecule has 2 heterocycles. The molecule has 1 aliphatic carbocycles. The number of aliphatic hydroxyl groups is 1. The van der Waals surface area contributed by atoms with E-state index < -0.39 is 0 Å². The van der Waals surface area contributed by atoms with E-state index in [4.69, 9.17) is 4.74 Å². The first-order valence-corrected chi connectivity index (χ1v) is 9.55. The highest BCUT2D eigenvalue weighted by atomic mass is 16.5. The average Bonchev–Trinajstić information content (AvgIpc) is 3.23. The molecule has 1 fully saturated rings. The second kappa shape index (κ2) is 8.08. The molecular weight excluding hydrogens is 356 g/mol. The number of imidazole rings is 1. The molecule has 2 aromatic heterocycles. The number of ether oxygens (including phenoxy) is 1. The van der Waals surface area contributed by atoms with Gasteiger partial charge in [-0.1, -0.05) is 18.2 Å². The van der Waals surface area contributed by atoms with Crippen molar-refractivity contribution < 1.29 is 14.6 Å². The van der Waals surface area contributed by atoms with Crippen LogP contribution in [0.25, 0.3) is 16.7 Å². The Morgan fingerprint density at radius 3 is 2.79 bits per heavy atom. The minimum Gasteiger partial charge on any atom is -0.390 e. The van der Waals surface area contributed by atoms with Crippen molar-refractivity contribution in [2.45, 2.75) is 44.4 Å². The monoisotopic (exact) mass is 380 g/mol. The lowest BCUT2D eigenvalue weighted by molar-refractivity contribution is 0.0599. The standard InChI is InChI=1S/C21H24N4O3/c1-28-16-8-6-14(7-9-16)23-21(27)18-10-20(25-11-15(12-26)22-13-25)24-19-5-3-2-4-17(18)19/h2-5,10-11,13-14,16,26H,6-9,12H2,1H3,(H,23,27)/t14-,16-. The van der Waals surface area contributed by atoms with Crippen molar-refractivity contribution in [1.29, 1.82) is 0 Å². The molecule has 1 aliphatic rings. The van der Waals surface area contributed by atoms with Crippen LogP contribution in [0.15, 0.2) is 42.9 Å². The third-order valence-corrected chi connectivity index (χ3v) is 5.35. The lowest BCUT2D eigenvalue weighted by Crippen LogP contribution is -2.39. The highest BCUT2D eigenvalue weighted by Gasteiger charge is 2.23. The van der Waals surface area contributed by atoms with Crippen LogP contribution in [0, 0.1) is 0 Å². The Bertz CT molecular complexity index is 977. The van der Waals surface area contributed by atoms with Gasteiger partial charge in [-0.05, 0) is 37.8 Å². The molecule has 1 amide bonds. The van der Waals surface area contributed by atoms with Crippen LogP contribution in [-0.2, 0) is 11.3 Å². The quantitative estimate of drug-likeness (QED) is 0.710. The Morgan fingerprint density at radius 1 is 1.29 bits per heavy atom. The molecule has 7 nitrogen and oxygen atoms in total. The molecule has 0 spiro atoms. The number of carbonyl (C=O) groups is 1. The van der Waals surface area contributed by atoms with Gasteiger partial charge in [-0.25, -0.2) is 9.97 Å². The van der Waals surface area contributed by atoms with Gasteiger partial charge in [0.15, 0.2) is 0 Å². The number of amides is 1. The maximum atomic E-state index is 13.1. The molecule has 28 heavy (non-hydrogen) atoms. The normalized spacial score (nSPS) is 19.6. The van der Waals surface area contributed by atoms with Crippen LogP contribution in [0.5, 0.6) is 0 Å². The number of methoxy groups -OCH3 is 1. The largest absolute Gasteiger partial charge is 0.390 e. The van der Waals surface area contributed by atoms with Crippen molar-refractivity contribution in [3.63, 3.8) is 0 Å². The zero-order valence-corrected chi connectivity index (χ0v) is 15.8. The van der Waals surface area contributed by atoms with Crippen LogP contribution in [-0.4, -0.2) is 44.8 Å². The number of pyridine rings is 1. The molecule has 3 aromatic rings. The Hall–Kier alpha value is -2.77. The highest BCUT2D eigenvalue weighted by molar-refractivity contribution is 6.06. The number of nitrogens with zero attached hydrogens (tertiary/aromatic N) is 3. The molecule has 0 atom stereocenters. The average molecular weight is 380 g/mol. The fraction of sp³-hybridized carbons (Fsp3) is 0.381. The van der Waals surface area contributed by atoms with Gasteiger partial charge in [0.2, 0.25) is 0 Å². The van der Waals surface area contributed by atoms with E-state index in [0.29, 0.717) is 23.2 Å². The van der Waals surface area contributed by atoms with E-state index in [1.165, 1.54) is 0 Å². The number of aliphatic hydroxyl groups excluding tert-OH is 1. The SMILES string of the molecule is CO[C@H]1CC[C@H](NC(=O)c2cc(-n3cnc(CO)c3)nc3ccccc23)CC1. The Kier molecular flexibility index (Phi) is 5.36. The maximum absolute atomic E-state index is 13.1.